The van der Waals surface area contributed by atoms with E-state index >= 15 is 0 Å². The Morgan fingerprint density at radius 1 is 0.476 bits per heavy atom. The average Bonchev–Trinajstić information content (AvgIpc) is 3.89. The van der Waals surface area contributed by atoms with E-state index < -0.39 is 0 Å². The quantitative estimate of drug-likeness (QED) is 0.136. The molecule has 63 heavy (non-hydrogen) atoms. The zero-order valence-corrected chi connectivity index (χ0v) is 35.6. The number of nitrogens with zero attached hydrogens (tertiary/aromatic N) is 5. The van der Waals surface area contributed by atoms with Crippen LogP contribution in [0, 0.1) is 6.92 Å². The Bertz CT molecular complexity index is 3390. The molecule has 0 bridgehead atoms. The van der Waals surface area contributed by atoms with Crippen LogP contribution >= 0.6 is 0 Å². The van der Waals surface area contributed by atoms with E-state index in [0.29, 0.717) is 6.04 Å². The van der Waals surface area contributed by atoms with Crippen LogP contribution in [0.15, 0.2) is 219 Å². The molecule has 0 N–H and O–H groups in total. The molecule has 3 heterocycles. The van der Waals surface area contributed by atoms with E-state index in [4.69, 9.17) is 4.98 Å². The van der Waals surface area contributed by atoms with E-state index in [0.717, 1.165) is 72.9 Å². The highest BCUT2D eigenvalue weighted by atomic mass is 15.2. The number of benzene rings is 8. The highest BCUT2D eigenvalue weighted by Crippen LogP contribution is 2.48. The summed E-state index contributed by atoms with van der Waals surface area (Å²) in [5, 5.41) is 2.35. The van der Waals surface area contributed by atoms with Crippen molar-refractivity contribution in [3.63, 3.8) is 0 Å². The van der Waals surface area contributed by atoms with Crippen LogP contribution in [-0.2, 0) is 0 Å². The van der Waals surface area contributed by atoms with Gasteiger partial charge in [0.25, 0.3) is 0 Å². The smallest absolute Gasteiger partial charge is 0.191 e. The molecule has 0 amide bonds. The van der Waals surface area contributed by atoms with E-state index in [9.17, 15) is 0 Å². The molecule has 5 nitrogen and oxygen atoms in total. The largest absolute Gasteiger partial charge is 0.308 e. The van der Waals surface area contributed by atoms with E-state index in [1.807, 2.05) is 6.20 Å². The summed E-state index contributed by atoms with van der Waals surface area (Å²) in [5.74, 6) is 0.875. The molecule has 0 aliphatic carbocycles. The Morgan fingerprint density at radius 3 is 1.81 bits per heavy atom. The Labute approximate surface area is 368 Å². The lowest BCUT2D eigenvalue weighted by atomic mass is 9.94. The van der Waals surface area contributed by atoms with Crippen molar-refractivity contribution >= 4 is 49.9 Å². The van der Waals surface area contributed by atoms with Gasteiger partial charge in [-0.25, -0.2) is 9.55 Å². The van der Waals surface area contributed by atoms with Gasteiger partial charge in [0.05, 0.1) is 28.5 Å². The number of pyridine rings is 1. The summed E-state index contributed by atoms with van der Waals surface area (Å²) in [6.45, 7) is 6.65. The third kappa shape index (κ3) is 6.66. The number of hydrogen-bond acceptors (Lipinski definition) is 2. The lowest BCUT2D eigenvalue weighted by Crippen LogP contribution is -2.13. The number of fused-ring (bicyclic) bond motifs is 4. The van der Waals surface area contributed by atoms with Gasteiger partial charge in [-0.3, -0.25) is 4.57 Å². The molecule has 0 aliphatic heterocycles. The first kappa shape index (κ1) is 37.9. The number of hydrogen-bond donors (Lipinski definition) is 0. The first-order valence-corrected chi connectivity index (χ1v) is 21.7. The second-order valence-corrected chi connectivity index (χ2v) is 16.5. The summed E-state index contributed by atoms with van der Waals surface area (Å²) < 4.78 is 7.02. The van der Waals surface area contributed by atoms with Crippen LogP contribution in [0.1, 0.15) is 25.5 Å². The molecule has 11 rings (SSSR count). The van der Waals surface area contributed by atoms with Crippen molar-refractivity contribution in [1.82, 2.24) is 18.7 Å². The van der Waals surface area contributed by atoms with Crippen LogP contribution in [-0.4, -0.2) is 18.7 Å². The van der Waals surface area contributed by atoms with Gasteiger partial charge in [0.2, 0.25) is 0 Å². The van der Waals surface area contributed by atoms with Crippen molar-refractivity contribution in [2.75, 3.05) is 4.90 Å². The molecule has 0 atom stereocenters. The lowest BCUT2D eigenvalue weighted by Gasteiger charge is -2.30. The van der Waals surface area contributed by atoms with Crippen LogP contribution < -0.4 is 4.90 Å². The molecule has 11 aromatic rings. The standard InChI is InChI=1S/C58H46N5/c1-40(2)60-39-61(55-31-15-14-30-54(55)60)45-23-16-24-46(37-45)62(58-49(42-19-6-4-7-20-42)27-17-28-50(58)43-21-8-5-9-22-43)47-32-33-52-51-26-12-13-29-53(51)63(56(52)38-47)57-36-44(34-35-59-57)48-25-11-10-18-41(48)3/h4-40H,1-3H3/q+1. The van der Waals surface area contributed by atoms with Gasteiger partial charge in [-0.15, -0.1) is 0 Å². The van der Waals surface area contributed by atoms with Gasteiger partial charge in [0, 0.05) is 58.0 Å². The van der Waals surface area contributed by atoms with Gasteiger partial charge < -0.3 is 4.90 Å². The van der Waals surface area contributed by atoms with Gasteiger partial charge in [-0.05, 0) is 103 Å². The van der Waals surface area contributed by atoms with Crippen molar-refractivity contribution in [3.8, 4) is 44.9 Å². The van der Waals surface area contributed by atoms with Crippen LogP contribution in [0.5, 0.6) is 0 Å². The molecule has 0 radical (unpaired) electrons. The SMILES string of the molecule is Cc1ccccc1-c1ccnc(-n2c3ccccc3c3ccc(N(c4cccc(-n5[cH+]n(C(C)C)c6ccccc65)c4)c4c(-c5ccccc5)cccc4-c4ccccc4)cc32)c1. The maximum absolute atomic E-state index is 5.06. The molecule has 8 aromatic carbocycles. The number of anilines is 3. The number of aryl methyl sites for hydroxylation is 1. The summed E-state index contributed by atoms with van der Waals surface area (Å²) in [4.78, 5) is 7.53. The first-order valence-electron chi connectivity index (χ1n) is 21.7. The predicted octanol–water partition coefficient (Wildman–Crippen LogP) is 15.6. The minimum absolute atomic E-state index is 0.299. The van der Waals surface area contributed by atoms with Crippen LogP contribution in [0.3, 0.4) is 0 Å². The fourth-order valence-corrected chi connectivity index (χ4v) is 9.38. The number of para-hydroxylation sites is 4. The fraction of sp³-hybridized carbons (Fsp3) is 0.0690. The fourth-order valence-electron chi connectivity index (χ4n) is 9.38. The molecule has 3 aromatic heterocycles. The van der Waals surface area contributed by atoms with Crippen molar-refractivity contribution in [3.05, 3.63) is 224 Å². The van der Waals surface area contributed by atoms with Crippen LogP contribution in [0.4, 0.5) is 17.1 Å². The van der Waals surface area contributed by atoms with E-state index in [-0.39, 0.29) is 0 Å². The minimum Gasteiger partial charge on any atom is -0.308 e. The molecule has 0 saturated heterocycles. The van der Waals surface area contributed by atoms with Crippen molar-refractivity contribution in [2.24, 2.45) is 0 Å². The monoisotopic (exact) mass is 812 g/mol. The summed E-state index contributed by atoms with van der Waals surface area (Å²) in [5.41, 5.74) is 17.0. The molecule has 0 aliphatic rings. The predicted molar refractivity (Wildman–Crippen MR) is 264 cm³/mol. The van der Waals surface area contributed by atoms with E-state index in [1.54, 1.807) is 0 Å². The molecule has 0 unspecified atom stereocenters. The van der Waals surface area contributed by atoms with E-state index in [2.05, 4.69) is 252 Å². The van der Waals surface area contributed by atoms with Gasteiger partial charge >= 0.3 is 0 Å². The molecule has 5 heteroatoms. The second-order valence-electron chi connectivity index (χ2n) is 16.5. The number of rotatable bonds is 9. The maximum atomic E-state index is 5.06. The second kappa shape index (κ2) is 15.8. The van der Waals surface area contributed by atoms with Crippen molar-refractivity contribution in [2.45, 2.75) is 26.8 Å². The van der Waals surface area contributed by atoms with Crippen LogP contribution in [0.2, 0.25) is 0 Å². The van der Waals surface area contributed by atoms with Crippen molar-refractivity contribution < 1.29 is 0 Å². The highest BCUT2D eigenvalue weighted by molar-refractivity contribution is 6.11. The Hall–Kier alpha value is -8.02. The molecule has 0 fully saturated rings. The Morgan fingerprint density at radius 2 is 1.08 bits per heavy atom. The summed E-state index contributed by atoms with van der Waals surface area (Å²) >= 11 is 0. The van der Waals surface area contributed by atoms with E-state index in [1.165, 1.54) is 27.4 Å². The highest BCUT2D eigenvalue weighted by Gasteiger charge is 2.26. The average molecular weight is 813 g/mol. The van der Waals surface area contributed by atoms with Crippen LogP contribution in [0.25, 0.3) is 77.7 Å². The zero-order valence-electron chi connectivity index (χ0n) is 35.6. The summed E-state index contributed by atoms with van der Waals surface area (Å²) in [6.07, 6.45) is 4.18. The number of aromatic nitrogens is 4. The lowest BCUT2D eigenvalue weighted by molar-refractivity contribution is 0.612. The summed E-state index contributed by atoms with van der Waals surface area (Å²) in [6, 6.07) is 74.8. The zero-order chi connectivity index (χ0) is 42.4. The Balaban J connectivity index is 1.20. The molecule has 302 valence electrons. The van der Waals surface area contributed by atoms with Crippen molar-refractivity contribution in [1.29, 1.82) is 0 Å². The summed E-state index contributed by atoms with van der Waals surface area (Å²) in [7, 11) is 0. The molecular formula is C58H46N5+. The third-order valence-corrected chi connectivity index (χ3v) is 12.4. The molecular weight excluding hydrogens is 767 g/mol. The first-order chi connectivity index (χ1) is 31.0. The number of imidazole rings is 1. The van der Waals surface area contributed by atoms with Gasteiger partial charge in [-0.2, -0.15) is 4.57 Å². The maximum Gasteiger partial charge on any atom is 0.191 e. The topological polar surface area (TPSA) is 30.9 Å². The van der Waals surface area contributed by atoms with Gasteiger partial charge in [-0.1, -0.05) is 127 Å². The molecule has 0 saturated carbocycles. The normalized spacial score (nSPS) is 11.6. The third-order valence-electron chi connectivity index (χ3n) is 12.4. The Kier molecular flexibility index (Phi) is 9.51. The van der Waals surface area contributed by atoms with Gasteiger partial charge in [0.1, 0.15) is 11.5 Å². The molecule has 0 spiro atoms. The van der Waals surface area contributed by atoms with Gasteiger partial charge in [0.15, 0.2) is 17.4 Å². The minimum atomic E-state index is 0.299.